The van der Waals surface area contributed by atoms with Crippen LogP contribution in [-0.4, -0.2) is 69.9 Å². The van der Waals surface area contributed by atoms with Crippen LogP contribution in [0.5, 0.6) is 5.75 Å². The summed E-state index contributed by atoms with van der Waals surface area (Å²) in [5.41, 5.74) is 1.23. The van der Waals surface area contributed by atoms with Gasteiger partial charge in [-0.05, 0) is 37.1 Å². The third kappa shape index (κ3) is 5.34. The van der Waals surface area contributed by atoms with Gasteiger partial charge < -0.3 is 19.7 Å². The highest BCUT2D eigenvalue weighted by Crippen LogP contribution is 2.20. The smallest absolute Gasteiger partial charge is 0.221 e. The van der Waals surface area contributed by atoms with Crippen LogP contribution in [-0.2, 0) is 9.53 Å². The second kappa shape index (κ2) is 9.06. The molecule has 6 nitrogen and oxygen atoms in total. The third-order valence-corrected chi connectivity index (χ3v) is 5.02. The Morgan fingerprint density at radius 3 is 2.64 bits per heavy atom. The van der Waals surface area contributed by atoms with Crippen molar-refractivity contribution in [1.29, 1.82) is 0 Å². The molecule has 1 amide bonds. The standard InChI is InChI=1S/C19H29N3O3/c1-24-17-6-4-16(5-7-17)22-12-10-21(11-13-22)9-8-19(23)20-15-18-3-2-14-25-18/h4-7,18H,2-3,8-15H2,1H3,(H,20,23). The number of anilines is 1. The number of hydrogen-bond acceptors (Lipinski definition) is 5. The lowest BCUT2D eigenvalue weighted by molar-refractivity contribution is -0.121. The van der Waals surface area contributed by atoms with Crippen molar-refractivity contribution < 1.29 is 14.3 Å². The Kier molecular flexibility index (Phi) is 6.53. The minimum absolute atomic E-state index is 0.132. The lowest BCUT2D eigenvalue weighted by Gasteiger charge is -2.36. The first-order chi connectivity index (χ1) is 12.2. The number of piperazine rings is 1. The predicted molar refractivity (Wildman–Crippen MR) is 98.2 cm³/mol. The van der Waals surface area contributed by atoms with Gasteiger partial charge in [0.05, 0.1) is 13.2 Å². The highest BCUT2D eigenvalue weighted by Gasteiger charge is 2.19. The van der Waals surface area contributed by atoms with E-state index in [1.807, 2.05) is 12.1 Å². The number of amides is 1. The highest BCUT2D eigenvalue weighted by atomic mass is 16.5. The number of rotatable bonds is 7. The fourth-order valence-corrected chi connectivity index (χ4v) is 3.40. The first-order valence-electron chi connectivity index (χ1n) is 9.24. The molecule has 1 N–H and O–H groups in total. The molecule has 2 aliphatic rings. The van der Waals surface area contributed by atoms with Crippen LogP contribution in [0.4, 0.5) is 5.69 Å². The molecule has 1 atom stereocenters. The molecule has 2 aliphatic heterocycles. The van der Waals surface area contributed by atoms with Crippen molar-refractivity contribution in [3.63, 3.8) is 0 Å². The number of hydrogen-bond donors (Lipinski definition) is 1. The summed E-state index contributed by atoms with van der Waals surface area (Å²) in [7, 11) is 1.69. The molecule has 0 aromatic heterocycles. The summed E-state index contributed by atoms with van der Waals surface area (Å²) in [6, 6.07) is 8.21. The van der Waals surface area contributed by atoms with E-state index in [0.29, 0.717) is 13.0 Å². The van der Waals surface area contributed by atoms with Crippen LogP contribution in [0.3, 0.4) is 0 Å². The Bertz CT molecular complexity index is 535. The average molecular weight is 347 g/mol. The third-order valence-electron chi connectivity index (χ3n) is 5.02. The molecule has 0 radical (unpaired) electrons. The topological polar surface area (TPSA) is 54.0 Å². The number of benzene rings is 1. The van der Waals surface area contributed by atoms with E-state index in [9.17, 15) is 4.79 Å². The molecule has 0 bridgehead atoms. The van der Waals surface area contributed by atoms with Gasteiger partial charge in [0.15, 0.2) is 0 Å². The summed E-state index contributed by atoms with van der Waals surface area (Å²) in [5, 5.41) is 3.00. The van der Waals surface area contributed by atoms with Gasteiger partial charge in [-0.15, -0.1) is 0 Å². The molecule has 3 rings (SSSR count). The average Bonchev–Trinajstić information content (AvgIpc) is 3.19. The van der Waals surface area contributed by atoms with Crippen LogP contribution < -0.4 is 15.0 Å². The molecule has 0 aliphatic carbocycles. The summed E-state index contributed by atoms with van der Waals surface area (Å²) < 4.78 is 10.7. The number of carbonyl (C=O) groups excluding carboxylic acids is 1. The molecular formula is C19H29N3O3. The molecule has 138 valence electrons. The zero-order chi connectivity index (χ0) is 17.5. The van der Waals surface area contributed by atoms with Crippen molar-refractivity contribution in [2.75, 3.05) is 57.9 Å². The second-order valence-corrected chi connectivity index (χ2v) is 6.72. The van der Waals surface area contributed by atoms with Crippen molar-refractivity contribution in [3.05, 3.63) is 24.3 Å². The molecule has 1 aromatic carbocycles. The maximum atomic E-state index is 12.0. The second-order valence-electron chi connectivity index (χ2n) is 6.72. The van der Waals surface area contributed by atoms with Crippen LogP contribution >= 0.6 is 0 Å². The van der Waals surface area contributed by atoms with Crippen molar-refractivity contribution in [1.82, 2.24) is 10.2 Å². The minimum atomic E-state index is 0.132. The Morgan fingerprint density at radius 1 is 1.24 bits per heavy atom. The molecule has 2 saturated heterocycles. The maximum Gasteiger partial charge on any atom is 0.221 e. The number of nitrogens with zero attached hydrogens (tertiary/aromatic N) is 2. The van der Waals surface area contributed by atoms with E-state index >= 15 is 0 Å². The van der Waals surface area contributed by atoms with Gasteiger partial charge in [-0.25, -0.2) is 0 Å². The van der Waals surface area contributed by atoms with Gasteiger partial charge in [0.2, 0.25) is 5.91 Å². The van der Waals surface area contributed by atoms with Crippen LogP contribution in [0.25, 0.3) is 0 Å². The number of methoxy groups -OCH3 is 1. The maximum absolute atomic E-state index is 12.0. The number of nitrogens with one attached hydrogen (secondary N) is 1. The van der Waals surface area contributed by atoms with E-state index in [4.69, 9.17) is 9.47 Å². The first-order valence-corrected chi connectivity index (χ1v) is 9.24. The largest absolute Gasteiger partial charge is 0.497 e. The van der Waals surface area contributed by atoms with E-state index < -0.39 is 0 Å². The quantitative estimate of drug-likeness (QED) is 0.810. The summed E-state index contributed by atoms with van der Waals surface area (Å²) in [6.45, 7) is 6.28. The van der Waals surface area contributed by atoms with Gasteiger partial charge in [-0.2, -0.15) is 0 Å². The molecule has 2 heterocycles. The van der Waals surface area contributed by atoms with Crippen LogP contribution in [0.1, 0.15) is 19.3 Å². The monoisotopic (exact) mass is 347 g/mol. The molecular weight excluding hydrogens is 318 g/mol. The lowest BCUT2D eigenvalue weighted by atomic mass is 10.2. The molecule has 1 unspecified atom stereocenters. The van der Waals surface area contributed by atoms with Gasteiger partial charge in [0, 0.05) is 58.0 Å². The Morgan fingerprint density at radius 2 is 2.00 bits per heavy atom. The minimum Gasteiger partial charge on any atom is -0.497 e. The molecule has 0 spiro atoms. The molecule has 25 heavy (non-hydrogen) atoms. The van der Waals surface area contributed by atoms with Crippen molar-refractivity contribution in [2.24, 2.45) is 0 Å². The van der Waals surface area contributed by atoms with Crippen LogP contribution in [0.2, 0.25) is 0 Å². The summed E-state index contributed by atoms with van der Waals surface area (Å²) in [5.74, 6) is 1.02. The fraction of sp³-hybridized carbons (Fsp3) is 0.632. The van der Waals surface area contributed by atoms with Crippen LogP contribution in [0.15, 0.2) is 24.3 Å². The van der Waals surface area contributed by atoms with E-state index in [1.165, 1.54) is 5.69 Å². The van der Waals surface area contributed by atoms with E-state index in [1.54, 1.807) is 7.11 Å². The van der Waals surface area contributed by atoms with Crippen LogP contribution in [0, 0.1) is 0 Å². The van der Waals surface area contributed by atoms with E-state index in [-0.39, 0.29) is 12.0 Å². The number of ether oxygens (including phenoxy) is 2. The predicted octanol–water partition coefficient (Wildman–Crippen LogP) is 1.50. The molecule has 0 saturated carbocycles. The molecule has 2 fully saturated rings. The SMILES string of the molecule is COc1ccc(N2CCN(CCC(=O)NCC3CCCO3)CC2)cc1. The normalized spacial score (nSPS) is 21.3. The van der Waals surface area contributed by atoms with Gasteiger partial charge >= 0.3 is 0 Å². The lowest BCUT2D eigenvalue weighted by Crippen LogP contribution is -2.47. The fourth-order valence-electron chi connectivity index (χ4n) is 3.40. The first kappa shape index (κ1) is 18.0. The highest BCUT2D eigenvalue weighted by molar-refractivity contribution is 5.76. The Labute approximate surface area is 150 Å². The van der Waals surface area contributed by atoms with Crippen molar-refractivity contribution in [3.8, 4) is 5.75 Å². The van der Waals surface area contributed by atoms with E-state index in [0.717, 1.165) is 57.9 Å². The Balaban J connectivity index is 1.33. The van der Waals surface area contributed by atoms with Crippen molar-refractivity contribution in [2.45, 2.75) is 25.4 Å². The van der Waals surface area contributed by atoms with Gasteiger partial charge in [-0.3, -0.25) is 9.69 Å². The summed E-state index contributed by atoms with van der Waals surface area (Å²) in [4.78, 5) is 16.7. The van der Waals surface area contributed by atoms with Gasteiger partial charge in [0.25, 0.3) is 0 Å². The summed E-state index contributed by atoms with van der Waals surface area (Å²) >= 11 is 0. The van der Waals surface area contributed by atoms with Gasteiger partial charge in [0.1, 0.15) is 5.75 Å². The zero-order valence-corrected chi connectivity index (χ0v) is 15.1. The summed E-state index contributed by atoms with van der Waals surface area (Å²) in [6.07, 6.45) is 2.96. The zero-order valence-electron chi connectivity index (χ0n) is 15.1. The molecule has 6 heteroatoms. The van der Waals surface area contributed by atoms with E-state index in [2.05, 4.69) is 27.2 Å². The van der Waals surface area contributed by atoms with Crippen molar-refractivity contribution >= 4 is 11.6 Å². The molecule has 1 aromatic rings. The Hall–Kier alpha value is -1.79. The van der Waals surface area contributed by atoms with Gasteiger partial charge in [-0.1, -0.05) is 0 Å². The number of carbonyl (C=O) groups is 1.